The van der Waals surface area contributed by atoms with Gasteiger partial charge in [-0.05, 0) is 68.0 Å². The van der Waals surface area contributed by atoms with E-state index in [0.717, 1.165) is 66.6 Å². The summed E-state index contributed by atoms with van der Waals surface area (Å²) in [6.07, 6.45) is 7.91. The lowest BCUT2D eigenvalue weighted by Gasteiger charge is -2.40. The molecule has 3 aliphatic heterocycles. The molecule has 6 bridgehead atoms. The van der Waals surface area contributed by atoms with Crippen molar-refractivity contribution in [3.05, 3.63) is 76.4 Å². The maximum Gasteiger partial charge on any atom is 0.254 e. The second kappa shape index (κ2) is 10.3. The van der Waals surface area contributed by atoms with Gasteiger partial charge in [0.1, 0.15) is 23.4 Å². The summed E-state index contributed by atoms with van der Waals surface area (Å²) in [5.74, 6) is 2.91. The van der Waals surface area contributed by atoms with Gasteiger partial charge >= 0.3 is 0 Å². The van der Waals surface area contributed by atoms with Gasteiger partial charge in [0, 0.05) is 50.5 Å². The van der Waals surface area contributed by atoms with Crippen molar-refractivity contribution < 1.29 is 9.53 Å². The van der Waals surface area contributed by atoms with E-state index >= 15 is 0 Å². The number of carbonyl (C=O) groups excluding carboxylic acids is 1. The molecular formula is C31H35N5O2. The van der Waals surface area contributed by atoms with Crippen LogP contribution in [0.25, 0.3) is 0 Å². The van der Waals surface area contributed by atoms with Gasteiger partial charge < -0.3 is 14.2 Å². The highest BCUT2D eigenvalue weighted by atomic mass is 16.5. The van der Waals surface area contributed by atoms with E-state index in [1.165, 1.54) is 19.3 Å². The topological polar surface area (TPSA) is 74.4 Å². The maximum atomic E-state index is 14.0. The van der Waals surface area contributed by atoms with Crippen LogP contribution in [0, 0.1) is 24.2 Å². The van der Waals surface area contributed by atoms with Crippen molar-refractivity contribution in [2.75, 3.05) is 19.6 Å². The first-order chi connectivity index (χ1) is 18.5. The van der Waals surface area contributed by atoms with Crippen LogP contribution >= 0.6 is 0 Å². The van der Waals surface area contributed by atoms with Crippen molar-refractivity contribution in [2.45, 2.75) is 65.1 Å². The second-order valence-corrected chi connectivity index (χ2v) is 11.2. The van der Waals surface area contributed by atoms with Gasteiger partial charge in [0.25, 0.3) is 5.91 Å². The number of aryl methyl sites for hydroxylation is 2. The predicted molar refractivity (Wildman–Crippen MR) is 145 cm³/mol. The van der Waals surface area contributed by atoms with Gasteiger partial charge in [-0.1, -0.05) is 31.4 Å². The highest BCUT2D eigenvalue weighted by Gasteiger charge is 2.30. The zero-order valence-corrected chi connectivity index (χ0v) is 22.3. The van der Waals surface area contributed by atoms with E-state index in [-0.39, 0.29) is 11.9 Å². The van der Waals surface area contributed by atoms with Gasteiger partial charge in [0.2, 0.25) is 0 Å². The minimum absolute atomic E-state index is 0.0773. The molecule has 2 unspecified atom stereocenters. The number of piperazine rings is 1. The van der Waals surface area contributed by atoms with Crippen molar-refractivity contribution in [2.24, 2.45) is 5.92 Å². The van der Waals surface area contributed by atoms with Crippen LogP contribution in [0.2, 0.25) is 0 Å². The smallest absolute Gasteiger partial charge is 0.254 e. The quantitative estimate of drug-likeness (QED) is 0.479. The Morgan fingerprint density at radius 1 is 1.13 bits per heavy atom. The van der Waals surface area contributed by atoms with E-state index in [9.17, 15) is 10.1 Å². The monoisotopic (exact) mass is 509 g/mol. The summed E-state index contributed by atoms with van der Waals surface area (Å²) in [7, 11) is 0. The largest absolute Gasteiger partial charge is 0.456 e. The fraction of sp³-hybridized carbons (Fsp3) is 0.452. The first-order valence-electron chi connectivity index (χ1n) is 13.9. The molecule has 4 aliphatic rings. The minimum atomic E-state index is 0.0773. The Balaban J connectivity index is 1.42. The molecule has 0 radical (unpaired) electrons. The molecule has 38 heavy (non-hydrogen) atoms. The molecule has 196 valence electrons. The third-order valence-corrected chi connectivity index (χ3v) is 8.59. The molecule has 0 spiro atoms. The fourth-order valence-electron chi connectivity index (χ4n) is 6.05. The summed E-state index contributed by atoms with van der Waals surface area (Å²) < 4.78 is 8.55. The van der Waals surface area contributed by atoms with Gasteiger partial charge in [-0.25, -0.2) is 4.98 Å². The second-order valence-electron chi connectivity index (χ2n) is 11.2. The molecule has 4 heterocycles. The average Bonchev–Trinajstić information content (AvgIpc) is 3.21. The van der Waals surface area contributed by atoms with Crippen LogP contribution in [0.5, 0.6) is 11.5 Å². The number of imidazole rings is 1. The van der Waals surface area contributed by atoms with Crippen molar-refractivity contribution in [1.29, 1.82) is 5.26 Å². The molecule has 1 saturated heterocycles. The van der Waals surface area contributed by atoms with Crippen molar-refractivity contribution in [3.8, 4) is 17.6 Å². The summed E-state index contributed by atoms with van der Waals surface area (Å²) in [4.78, 5) is 23.1. The lowest BCUT2D eigenvalue weighted by atomic mass is 9.81. The normalized spacial score (nSPS) is 21.4. The van der Waals surface area contributed by atoms with Gasteiger partial charge in [-0.3, -0.25) is 9.69 Å². The zero-order valence-electron chi connectivity index (χ0n) is 22.3. The number of hydrogen-bond donors (Lipinski definition) is 0. The number of ether oxygens (including phenoxy) is 1. The van der Waals surface area contributed by atoms with Gasteiger partial charge in [0.15, 0.2) is 0 Å². The molecule has 2 aromatic carbocycles. The lowest BCUT2D eigenvalue weighted by molar-refractivity contribution is 0.0470. The van der Waals surface area contributed by atoms with Gasteiger partial charge in [-0.2, -0.15) is 5.26 Å². The van der Waals surface area contributed by atoms with Crippen LogP contribution in [0.4, 0.5) is 0 Å². The molecule has 1 aliphatic carbocycles. The fourth-order valence-corrected chi connectivity index (χ4v) is 6.05. The summed E-state index contributed by atoms with van der Waals surface area (Å²) >= 11 is 0. The van der Waals surface area contributed by atoms with Crippen LogP contribution in [0.15, 0.2) is 42.6 Å². The van der Waals surface area contributed by atoms with Crippen LogP contribution < -0.4 is 4.74 Å². The number of fused-ring (bicyclic) bond motifs is 2. The molecule has 7 heteroatoms. The Hall–Kier alpha value is -3.63. The van der Waals surface area contributed by atoms with Gasteiger partial charge in [0.05, 0.1) is 11.3 Å². The molecule has 1 aromatic heterocycles. The first-order valence-corrected chi connectivity index (χ1v) is 13.9. The number of amides is 1. The Kier molecular flexibility index (Phi) is 6.67. The predicted octanol–water partition coefficient (Wildman–Crippen LogP) is 5.30. The molecule has 7 nitrogen and oxygen atoms in total. The number of nitrogens with zero attached hydrogens (tertiary/aromatic N) is 5. The van der Waals surface area contributed by atoms with E-state index in [0.29, 0.717) is 30.2 Å². The van der Waals surface area contributed by atoms with E-state index < -0.39 is 0 Å². The molecule has 3 aromatic rings. The van der Waals surface area contributed by atoms with E-state index in [1.54, 1.807) is 0 Å². The lowest BCUT2D eigenvalue weighted by Crippen LogP contribution is -2.53. The van der Waals surface area contributed by atoms with Crippen molar-refractivity contribution >= 4 is 5.91 Å². The Morgan fingerprint density at radius 3 is 2.76 bits per heavy atom. The number of rotatable bonds is 3. The molecule has 2 atom stereocenters. The standard InChI is InChI=1S/C31H35N5O2/c1-21-18-34-12-13-35(21)31(37)29-15-28(11-10-25(29)8-6-23-4-3-5-23)38-30-14-24(7-9-26(30)16-32)19-36-22(2)33-17-27(36)20-34/h7,9-11,14-15,17,21,23H,3-6,8,12-13,18-20H2,1-2H3. The molecule has 0 N–H and O–H groups in total. The summed E-state index contributed by atoms with van der Waals surface area (Å²) in [6, 6.07) is 14.0. The number of nitriles is 1. The summed E-state index contributed by atoms with van der Waals surface area (Å²) in [5.41, 5.74) is 4.50. The summed E-state index contributed by atoms with van der Waals surface area (Å²) in [6.45, 7) is 7.96. The zero-order chi connectivity index (χ0) is 26.2. The van der Waals surface area contributed by atoms with Crippen LogP contribution in [-0.2, 0) is 19.5 Å². The van der Waals surface area contributed by atoms with E-state index in [2.05, 4.69) is 33.5 Å². The van der Waals surface area contributed by atoms with E-state index in [1.807, 2.05) is 48.4 Å². The number of carbonyl (C=O) groups is 1. The first kappa shape index (κ1) is 24.7. The molecule has 2 fully saturated rings. The molecule has 1 amide bonds. The van der Waals surface area contributed by atoms with E-state index in [4.69, 9.17) is 4.74 Å². The maximum absolute atomic E-state index is 14.0. The molecular weight excluding hydrogens is 474 g/mol. The van der Waals surface area contributed by atoms with Crippen LogP contribution in [-0.4, -0.2) is 50.9 Å². The summed E-state index contributed by atoms with van der Waals surface area (Å²) in [5, 5.41) is 9.77. The number of benzene rings is 2. The highest BCUT2D eigenvalue weighted by Crippen LogP contribution is 2.33. The number of aromatic nitrogens is 2. The third kappa shape index (κ3) is 4.81. The SMILES string of the molecule is Cc1ncc2n1Cc1ccc(C#N)c(c1)Oc1ccc(CCC3CCC3)c(c1)C(=O)N1CCN(C2)CC1C. The molecule has 1 saturated carbocycles. The van der Waals surface area contributed by atoms with Crippen molar-refractivity contribution in [1.82, 2.24) is 19.4 Å². The Morgan fingerprint density at radius 2 is 2.00 bits per heavy atom. The Labute approximate surface area is 224 Å². The van der Waals surface area contributed by atoms with Gasteiger partial charge in [-0.15, -0.1) is 0 Å². The highest BCUT2D eigenvalue weighted by molar-refractivity contribution is 5.96. The van der Waals surface area contributed by atoms with Crippen molar-refractivity contribution in [3.63, 3.8) is 0 Å². The average molecular weight is 510 g/mol. The molecule has 7 rings (SSSR count). The minimum Gasteiger partial charge on any atom is -0.456 e. The Bertz CT molecular complexity index is 1400. The van der Waals surface area contributed by atoms with Crippen LogP contribution in [0.1, 0.15) is 71.2 Å². The number of hydrogen-bond acceptors (Lipinski definition) is 5. The third-order valence-electron chi connectivity index (χ3n) is 8.59. The van der Waals surface area contributed by atoms with Crippen LogP contribution in [0.3, 0.4) is 0 Å².